The minimum atomic E-state index is -3.61. The largest absolute Gasteiger partial charge is 0.497 e. The van der Waals surface area contributed by atoms with Gasteiger partial charge in [-0.1, -0.05) is 26.8 Å². The van der Waals surface area contributed by atoms with E-state index in [1.165, 1.54) is 13.2 Å². The van der Waals surface area contributed by atoms with Gasteiger partial charge in [0.2, 0.25) is 21.9 Å². The second kappa shape index (κ2) is 10.7. The van der Waals surface area contributed by atoms with Gasteiger partial charge in [-0.2, -0.15) is 15.0 Å². The number of benzene rings is 1. The van der Waals surface area contributed by atoms with Crippen LogP contribution in [0.3, 0.4) is 0 Å². The van der Waals surface area contributed by atoms with Crippen molar-refractivity contribution in [1.29, 1.82) is 0 Å². The number of halogens is 1. The van der Waals surface area contributed by atoms with Crippen molar-refractivity contribution in [2.75, 3.05) is 30.0 Å². The van der Waals surface area contributed by atoms with Crippen LogP contribution in [0.25, 0.3) is 0 Å². The van der Waals surface area contributed by atoms with E-state index in [9.17, 15) is 17.9 Å². The summed E-state index contributed by atoms with van der Waals surface area (Å²) in [6.07, 6.45) is 1.90. The molecule has 0 saturated carbocycles. The van der Waals surface area contributed by atoms with Crippen molar-refractivity contribution in [3.8, 4) is 5.75 Å². The molecule has 0 aliphatic heterocycles. The summed E-state index contributed by atoms with van der Waals surface area (Å²) in [5.41, 5.74) is 0.460. The van der Waals surface area contributed by atoms with Crippen LogP contribution in [0.5, 0.6) is 5.75 Å². The zero-order valence-electron chi connectivity index (χ0n) is 18.4. The standard InChI is InChI=1S/C20H30FN5O4S/c1-12(2)8-14(11-27)22-19-23-18(24-20(25-19)26-31(5,28)29)9-13(3)16-7-6-15(30-4)10-17(16)21/h6-7,10,12-14,27H,8-9,11H2,1-5H3,(H2,22,23,24,25,26)/t13-,14+/m0/s1. The molecule has 1 aromatic heterocycles. The Bertz CT molecular complexity index is 988. The Morgan fingerprint density at radius 1 is 1.16 bits per heavy atom. The molecular weight excluding hydrogens is 425 g/mol. The summed E-state index contributed by atoms with van der Waals surface area (Å²) in [6.45, 7) is 5.72. The van der Waals surface area contributed by atoms with Crippen LogP contribution in [0.1, 0.15) is 44.5 Å². The molecule has 0 bridgehead atoms. The van der Waals surface area contributed by atoms with Crippen molar-refractivity contribution in [2.24, 2.45) is 5.92 Å². The number of methoxy groups -OCH3 is 1. The maximum absolute atomic E-state index is 14.4. The van der Waals surface area contributed by atoms with Crippen molar-refractivity contribution in [3.63, 3.8) is 0 Å². The molecule has 2 aromatic rings. The molecule has 0 radical (unpaired) electrons. The third kappa shape index (κ3) is 7.91. The lowest BCUT2D eigenvalue weighted by Gasteiger charge is -2.19. The van der Waals surface area contributed by atoms with Gasteiger partial charge < -0.3 is 15.2 Å². The first-order valence-electron chi connectivity index (χ1n) is 9.94. The fourth-order valence-electron chi connectivity index (χ4n) is 3.14. The van der Waals surface area contributed by atoms with E-state index in [1.807, 2.05) is 20.8 Å². The van der Waals surface area contributed by atoms with Gasteiger partial charge in [-0.3, -0.25) is 4.72 Å². The number of hydrogen-bond acceptors (Lipinski definition) is 8. The van der Waals surface area contributed by atoms with E-state index in [-0.39, 0.29) is 42.7 Å². The normalized spacial score (nSPS) is 13.7. The van der Waals surface area contributed by atoms with Crippen LogP contribution in [0.2, 0.25) is 0 Å². The number of aromatic nitrogens is 3. The summed E-state index contributed by atoms with van der Waals surface area (Å²) < 4.78 is 45.1. The number of sulfonamides is 1. The Hall–Kier alpha value is -2.53. The zero-order valence-corrected chi connectivity index (χ0v) is 19.2. The monoisotopic (exact) mass is 455 g/mol. The van der Waals surface area contributed by atoms with Crippen LogP contribution in [0, 0.1) is 11.7 Å². The summed E-state index contributed by atoms with van der Waals surface area (Å²) >= 11 is 0. The lowest BCUT2D eigenvalue weighted by molar-refractivity contribution is 0.259. The van der Waals surface area contributed by atoms with E-state index in [0.29, 0.717) is 23.7 Å². The second-order valence-electron chi connectivity index (χ2n) is 7.92. The fraction of sp³-hybridized carbons (Fsp3) is 0.550. The number of nitrogens with zero attached hydrogens (tertiary/aromatic N) is 3. The number of anilines is 2. The third-order valence-electron chi connectivity index (χ3n) is 4.50. The Kier molecular flexibility index (Phi) is 8.52. The Labute approximate surface area is 182 Å². The third-order valence-corrected chi connectivity index (χ3v) is 5.05. The highest BCUT2D eigenvalue weighted by atomic mass is 32.2. The van der Waals surface area contributed by atoms with Gasteiger partial charge in [-0.25, -0.2) is 12.8 Å². The first-order chi connectivity index (χ1) is 14.5. The fourth-order valence-corrected chi connectivity index (χ4v) is 3.56. The van der Waals surface area contributed by atoms with Gasteiger partial charge in [-0.05, 0) is 29.9 Å². The van der Waals surface area contributed by atoms with Gasteiger partial charge in [0.15, 0.2) is 0 Å². The summed E-state index contributed by atoms with van der Waals surface area (Å²) in [5.74, 6) is 0.310. The number of nitrogens with one attached hydrogen (secondary N) is 2. The highest BCUT2D eigenvalue weighted by molar-refractivity contribution is 7.91. The number of aliphatic hydroxyl groups excluding tert-OH is 1. The summed E-state index contributed by atoms with van der Waals surface area (Å²) in [6, 6.07) is 4.31. The zero-order chi connectivity index (χ0) is 23.2. The topological polar surface area (TPSA) is 126 Å². The molecule has 0 amide bonds. The van der Waals surface area contributed by atoms with E-state index < -0.39 is 15.8 Å². The molecule has 172 valence electrons. The molecule has 2 rings (SSSR count). The molecule has 0 spiro atoms. The van der Waals surface area contributed by atoms with Gasteiger partial charge in [0, 0.05) is 12.5 Å². The van der Waals surface area contributed by atoms with Gasteiger partial charge in [-0.15, -0.1) is 0 Å². The van der Waals surface area contributed by atoms with E-state index in [4.69, 9.17) is 4.74 Å². The maximum Gasteiger partial charge on any atom is 0.241 e. The number of rotatable bonds is 11. The number of hydrogen-bond donors (Lipinski definition) is 3. The van der Waals surface area contributed by atoms with Crippen LogP contribution in [-0.4, -0.2) is 54.5 Å². The van der Waals surface area contributed by atoms with Gasteiger partial charge in [0.05, 0.1) is 26.0 Å². The number of ether oxygens (including phenoxy) is 1. The molecule has 11 heteroatoms. The molecule has 3 N–H and O–H groups in total. The highest BCUT2D eigenvalue weighted by Gasteiger charge is 2.18. The summed E-state index contributed by atoms with van der Waals surface area (Å²) in [7, 11) is -2.15. The molecular formula is C20H30FN5O4S. The van der Waals surface area contributed by atoms with Crippen molar-refractivity contribution in [1.82, 2.24) is 15.0 Å². The van der Waals surface area contributed by atoms with Gasteiger partial charge >= 0.3 is 0 Å². The van der Waals surface area contributed by atoms with Crippen LogP contribution < -0.4 is 14.8 Å². The Morgan fingerprint density at radius 3 is 2.39 bits per heavy atom. The van der Waals surface area contributed by atoms with Crippen molar-refractivity contribution < 1.29 is 22.7 Å². The van der Waals surface area contributed by atoms with Crippen LogP contribution in [-0.2, 0) is 16.4 Å². The quantitative estimate of drug-likeness (QED) is 0.472. The minimum Gasteiger partial charge on any atom is -0.497 e. The van der Waals surface area contributed by atoms with E-state index >= 15 is 0 Å². The lowest BCUT2D eigenvalue weighted by Crippen LogP contribution is -2.27. The molecule has 0 fully saturated rings. The average Bonchev–Trinajstić information content (AvgIpc) is 2.65. The summed E-state index contributed by atoms with van der Waals surface area (Å²) in [4.78, 5) is 12.6. The van der Waals surface area contributed by atoms with Crippen molar-refractivity contribution in [3.05, 3.63) is 35.4 Å². The Balaban J connectivity index is 2.33. The molecule has 0 aliphatic rings. The van der Waals surface area contributed by atoms with Crippen LogP contribution >= 0.6 is 0 Å². The van der Waals surface area contributed by atoms with Gasteiger partial charge in [0.25, 0.3) is 0 Å². The lowest BCUT2D eigenvalue weighted by atomic mass is 9.97. The minimum absolute atomic E-state index is 0.137. The molecule has 0 aliphatic carbocycles. The molecule has 2 atom stereocenters. The van der Waals surface area contributed by atoms with Crippen molar-refractivity contribution >= 4 is 21.9 Å². The molecule has 1 aromatic carbocycles. The van der Waals surface area contributed by atoms with Crippen LogP contribution in [0.4, 0.5) is 16.3 Å². The summed E-state index contributed by atoms with van der Waals surface area (Å²) in [5, 5.41) is 12.7. The van der Waals surface area contributed by atoms with E-state index in [2.05, 4.69) is 25.0 Å². The molecule has 0 saturated heterocycles. The molecule has 0 unspecified atom stereocenters. The second-order valence-corrected chi connectivity index (χ2v) is 9.67. The van der Waals surface area contributed by atoms with Crippen molar-refractivity contribution in [2.45, 2.75) is 45.6 Å². The number of aliphatic hydroxyl groups is 1. The average molecular weight is 456 g/mol. The smallest absolute Gasteiger partial charge is 0.241 e. The highest BCUT2D eigenvalue weighted by Crippen LogP contribution is 2.26. The first-order valence-corrected chi connectivity index (χ1v) is 11.8. The Morgan fingerprint density at radius 2 is 1.84 bits per heavy atom. The molecule has 1 heterocycles. The first kappa shape index (κ1) is 24.7. The maximum atomic E-state index is 14.4. The van der Waals surface area contributed by atoms with Gasteiger partial charge in [0.1, 0.15) is 17.4 Å². The van der Waals surface area contributed by atoms with E-state index in [0.717, 1.165) is 6.26 Å². The SMILES string of the molecule is COc1ccc([C@@H](C)Cc2nc(N[C@@H](CO)CC(C)C)nc(NS(C)(=O)=O)n2)c(F)c1. The van der Waals surface area contributed by atoms with Crippen LogP contribution in [0.15, 0.2) is 18.2 Å². The predicted octanol–water partition coefficient (Wildman–Crippen LogP) is 2.56. The predicted molar refractivity (Wildman–Crippen MR) is 117 cm³/mol. The molecule has 9 nitrogen and oxygen atoms in total. The molecule has 31 heavy (non-hydrogen) atoms. The van der Waals surface area contributed by atoms with E-state index in [1.54, 1.807) is 12.1 Å².